The first kappa shape index (κ1) is 17.8. The van der Waals surface area contributed by atoms with E-state index in [1.54, 1.807) is 0 Å². The molecular formula is C22H21F6N7O. The highest BCUT2D eigenvalue weighted by molar-refractivity contribution is 5.90. The predicted molar refractivity (Wildman–Crippen MR) is 119 cm³/mol. The van der Waals surface area contributed by atoms with E-state index in [1.165, 1.54) is 0 Å². The van der Waals surface area contributed by atoms with Gasteiger partial charge in [-0.15, -0.1) is 5.10 Å². The molecule has 4 heterocycles. The Morgan fingerprint density at radius 3 is 2.83 bits per heavy atom. The number of fused-ring (bicyclic) bond motifs is 2. The Morgan fingerprint density at radius 2 is 2.11 bits per heavy atom. The number of piperidine rings is 1. The van der Waals surface area contributed by atoms with Gasteiger partial charge in [0.05, 0.1) is 53.9 Å². The Kier molecular flexibility index (Phi) is 4.37. The molecule has 14 heteroatoms. The van der Waals surface area contributed by atoms with Crippen molar-refractivity contribution in [3.8, 4) is 17.0 Å². The number of benzene rings is 1. The first-order valence-electron chi connectivity index (χ1n) is 13.5. The van der Waals surface area contributed by atoms with Gasteiger partial charge < -0.3 is 19.5 Å². The monoisotopic (exact) mass is 519 g/mol. The van der Waals surface area contributed by atoms with E-state index in [4.69, 9.17) is 13.0 Å². The number of ether oxygens (including phenoxy) is 1. The molecule has 1 aliphatic rings. The van der Waals surface area contributed by atoms with Crippen LogP contribution in [0.15, 0.2) is 24.7 Å². The maximum absolute atomic E-state index is 15.4. The highest BCUT2D eigenvalue weighted by Crippen LogP contribution is 2.37. The maximum atomic E-state index is 15.4. The lowest BCUT2D eigenvalue weighted by atomic mass is 10.0. The fraction of sp³-hybridized carbons (Fsp3) is 0.409. The molecule has 1 unspecified atom stereocenters. The first-order valence-corrected chi connectivity index (χ1v) is 10.5. The Bertz CT molecular complexity index is 1640. The SMILES string of the molecule is [2H]C([2H])([2H])Oc1nc(NC2CCN(C([2H])([2H])[2H])CC2(F)F)nn2cc(F)c(-c3cc(F)c4ncn(CC(F)F)c4c3)c12. The Balaban J connectivity index is 1.60. The van der Waals surface area contributed by atoms with Gasteiger partial charge in [-0.1, -0.05) is 0 Å². The van der Waals surface area contributed by atoms with Crippen molar-refractivity contribution < 1.29 is 39.3 Å². The quantitative estimate of drug-likeness (QED) is 0.388. The van der Waals surface area contributed by atoms with Crippen LogP contribution in [-0.2, 0) is 6.54 Å². The lowest BCUT2D eigenvalue weighted by Crippen LogP contribution is -2.53. The zero-order chi connectivity index (χ0) is 30.8. The average Bonchev–Trinajstić information content (AvgIpc) is 3.38. The summed E-state index contributed by atoms with van der Waals surface area (Å²) in [4.78, 5) is 8.29. The van der Waals surface area contributed by atoms with Crippen molar-refractivity contribution in [3.63, 3.8) is 0 Å². The van der Waals surface area contributed by atoms with Gasteiger partial charge >= 0.3 is 0 Å². The summed E-state index contributed by atoms with van der Waals surface area (Å²) in [6.45, 7) is -4.92. The standard InChI is InChI=1S/C22H21F6N7O/c1-33-4-3-15(22(27,28)9-33)30-21-31-20(36-2)19-17(13(24)7-35(19)32-21)11-5-12(23)18-14(6-11)34(10-29-18)8-16(25)26/h5-7,10,15-16H,3-4,8-9H2,1-2H3,(H,30,32)/i1D3,2D3. The Labute approximate surface area is 208 Å². The molecule has 0 saturated carbocycles. The lowest BCUT2D eigenvalue weighted by Gasteiger charge is -2.36. The molecule has 192 valence electrons. The van der Waals surface area contributed by atoms with Crippen molar-refractivity contribution in [2.24, 2.45) is 0 Å². The van der Waals surface area contributed by atoms with Crippen molar-refractivity contribution in [1.29, 1.82) is 0 Å². The molecule has 4 aromatic rings. The van der Waals surface area contributed by atoms with Crippen LogP contribution in [0.3, 0.4) is 0 Å². The van der Waals surface area contributed by atoms with E-state index < -0.39 is 80.0 Å². The van der Waals surface area contributed by atoms with Gasteiger partial charge in [-0.3, -0.25) is 0 Å². The molecule has 0 aliphatic carbocycles. The molecule has 1 fully saturated rings. The molecular weight excluding hydrogens is 492 g/mol. The van der Waals surface area contributed by atoms with Crippen molar-refractivity contribution in [2.75, 3.05) is 32.4 Å². The van der Waals surface area contributed by atoms with E-state index in [2.05, 4.69) is 20.4 Å². The molecule has 0 bridgehead atoms. The Hall–Kier alpha value is -3.55. The molecule has 1 N–H and O–H groups in total. The maximum Gasteiger partial charge on any atom is 0.280 e. The smallest absolute Gasteiger partial charge is 0.280 e. The third-order valence-electron chi connectivity index (χ3n) is 5.85. The summed E-state index contributed by atoms with van der Waals surface area (Å²) in [5.41, 5.74) is -1.47. The summed E-state index contributed by atoms with van der Waals surface area (Å²) in [5, 5.41) is 6.31. The van der Waals surface area contributed by atoms with Crippen LogP contribution in [0.5, 0.6) is 5.88 Å². The van der Waals surface area contributed by atoms with Crippen LogP contribution in [0, 0.1) is 11.6 Å². The van der Waals surface area contributed by atoms with Crippen LogP contribution in [0.1, 0.15) is 14.6 Å². The van der Waals surface area contributed by atoms with Gasteiger partial charge in [0, 0.05) is 10.7 Å². The number of nitrogens with zero attached hydrogens (tertiary/aromatic N) is 6. The van der Waals surface area contributed by atoms with Crippen LogP contribution in [0.4, 0.5) is 32.3 Å². The summed E-state index contributed by atoms with van der Waals surface area (Å²) in [6.07, 6.45) is -1.44. The summed E-state index contributed by atoms with van der Waals surface area (Å²) >= 11 is 0. The number of nitrogens with one attached hydrogen (secondary N) is 1. The lowest BCUT2D eigenvalue weighted by molar-refractivity contribution is -0.0675. The number of anilines is 1. The number of likely N-dealkylation sites (tertiary alicyclic amines) is 1. The number of rotatable bonds is 6. The zero-order valence-corrected chi connectivity index (χ0v) is 18.2. The van der Waals surface area contributed by atoms with Crippen molar-refractivity contribution in [1.82, 2.24) is 29.0 Å². The van der Waals surface area contributed by atoms with E-state index in [9.17, 15) is 22.0 Å². The van der Waals surface area contributed by atoms with Crippen LogP contribution < -0.4 is 10.1 Å². The van der Waals surface area contributed by atoms with Crippen LogP contribution in [0.25, 0.3) is 27.7 Å². The minimum atomic E-state index is -3.59. The second-order valence-electron chi connectivity index (χ2n) is 8.27. The fourth-order valence-electron chi connectivity index (χ4n) is 4.26. The van der Waals surface area contributed by atoms with Crippen LogP contribution in [-0.4, -0.2) is 74.5 Å². The molecule has 5 rings (SSSR count). The second-order valence-corrected chi connectivity index (χ2v) is 8.27. The summed E-state index contributed by atoms with van der Waals surface area (Å²) in [7, 11) is -3.16. The summed E-state index contributed by atoms with van der Waals surface area (Å²) < 4.78 is 138. The van der Waals surface area contributed by atoms with E-state index in [1.807, 2.05) is 0 Å². The van der Waals surface area contributed by atoms with E-state index in [0.29, 0.717) is 4.90 Å². The molecule has 0 radical (unpaired) electrons. The highest BCUT2D eigenvalue weighted by Gasteiger charge is 2.44. The van der Waals surface area contributed by atoms with Gasteiger partial charge in [-0.2, -0.15) is 4.98 Å². The van der Waals surface area contributed by atoms with Gasteiger partial charge in [0.1, 0.15) is 11.0 Å². The van der Waals surface area contributed by atoms with Gasteiger partial charge in [0.2, 0.25) is 11.8 Å². The fourth-order valence-corrected chi connectivity index (χ4v) is 4.26. The first-order chi connectivity index (χ1) is 19.4. The zero-order valence-electron chi connectivity index (χ0n) is 24.2. The number of aromatic nitrogens is 5. The minimum absolute atomic E-state index is 0.104. The molecule has 1 saturated heterocycles. The third-order valence-corrected chi connectivity index (χ3v) is 5.85. The van der Waals surface area contributed by atoms with Crippen molar-refractivity contribution in [2.45, 2.75) is 31.4 Å². The molecule has 3 aromatic heterocycles. The largest absolute Gasteiger partial charge is 0.479 e. The summed E-state index contributed by atoms with van der Waals surface area (Å²) in [5.74, 6) is -7.02. The summed E-state index contributed by atoms with van der Waals surface area (Å²) in [6, 6.07) is 0.336. The molecule has 8 nitrogen and oxygen atoms in total. The number of imidazole rings is 1. The van der Waals surface area contributed by atoms with E-state index >= 15 is 4.39 Å². The predicted octanol–water partition coefficient (Wildman–Crippen LogP) is 4.05. The van der Waals surface area contributed by atoms with Gasteiger partial charge in [-0.25, -0.2) is 35.8 Å². The number of halogens is 6. The highest BCUT2D eigenvalue weighted by atomic mass is 19.3. The van der Waals surface area contributed by atoms with Gasteiger partial charge in [-0.05, 0) is 31.1 Å². The molecule has 36 heavy (non-hydrogen) atoms. The van der Waals surface area contributed by atoms with Gasteiger partial charge in [0.15, 0.2) is 11.6 Å². The number of hydrogen-bond acceptors (Lipinski definition) is 6. The van der Waals surface area contributed by atoms with Crippen molar-refractivity contribution >= 4 is 22.5 Å². The Morgan fingerprint density at radius 1 is 1.28 bits per heavy atom. The van der Waals surface area contributed by atoms with Crippen LogP contribution >= 0.6 is 0 Å². The van der Waals surface area contributed by atoms with Crippen molar-refractivity contribution in [3.05, 3.63) is 36.3 Å². The normalized spacial score (nSPS) is 21.6. The number of methoxy groups -OCH3 is 1. The molecule has 1 atom stereocenters. The third kappa shape index (κ3) is 4.18. The van der Waals surface area contributed by atoms with E-state index in [0.717, 1.165) is 33.7 Å². The molecule has 1 aromatic carbocycles. The number of alkyl halides is 4. The topological polar surface area (TPSA) is 72.5 Å². The van der Waals surface area contributed by atoms with Crippen LogP contribution in [0.2, 0.25) is 0 Å². The second kappa shape index (κ2) is 8.84. The average molecular weight is 519 g/mol. The number of hydrogen-bond donors (Lipinski definition) is 1. The van der Waals surface area contributed by atoms with E-state index in [-0.39, 0.29) is 29.6 Å². The minimum Gasteiger partial charge on any atom is -0.479 e. The molecule has 0 amide bonds. The molecule has 0 spiro atoms. The molecule has 1 aliphatic heterocycles. The van der Waals surface area contributed by atoms with Gasteiger partial charge in [0.25, 0.3) is 12.3 Å².